The van der Waals surface area contributed by atoms with Crippen LogP contribution in [0.2, 0.25) is 5.02 Å². The Morgan fingerprint density at radius 2 is 1.93 bits per heavy atom. The summed E-state index contributed by atoms with van der Waals surface area (Å²) in [6.07, 6.45) is 4.20. The highest BCUT2D eigenvalue weighted by molar-refractivity contribution is 6.30. The van der Waals surface area contributed by atoms with Crippen molar-refractivity contribution in [3.05, 3.63) is 34.9 Å². The lowest BCUT2D eigenvalue weighted by Gasteiger charge is -2.57. The van der Waals surface area contributed by atoms with Crippen LogP contribution in [0.4, 0.5) is 0 Å². The van der Waals surface area contributed by atoms with Crippen molar-refractivity contribution in [3.63, 3.8) is 0 Å². The molecule has 1 aromatic rings. The van der Waals surface area contributed by atoms with Gasteiger partial charge in [-0.15, -0.1) is 0 Å². The highest BCUT2D eigenvalue weighted by atomic mass is 35.5. The van der Waals surface area contributed by atoms with E-state index in [1.54, 1.807) is 0 Å². The molecule has 1 heterocycles. The lowest BCUT2D eigenvalue weighted by atomic mass is 9.58. The second kappa shape index (κ2) is 2.98. The highest BCUT2D eigenvalue weighted by Crippen LogP contribution is 2.55. The summed E-state index contributed by atoms with van der Waals surface area (Å²) in [5.74, 6) is 0. The van der Waals surface area contributed by atoms with Crippen molar-refractivity contribution in [2.24, 2.45) is 5.41 Å². The summed E-state index contributed by atoms with van der Waals surface area (Å²) >= 11 is 5.88. The molecule has 0 bridgehead atoms. The predicted molar refractivity (Wildman–Crippen MR) is 58.5 cm³/mol. The first kappa shape index (κ1) is 8.75. The normalized spacial score (nSPS) is 28.2. The van der Waals surface area contributed by atoms with Crippen LogP contribution in [0.3, 0.4) is 0 Å². The second-order valence-corrected chi connectivity index (χ2v) is 5.02. The van der Waals surface area contributed by atoms with Gasteiger partial charge in [0.2, 0.25) is 0 Å². The lowest BCUT2D eigenvalue weighted by molar-refractivity contribution is -0.00564. The van der Waals surface area contributed by atoms with Crippen LogP contribution in [-0.4, -0.2) is 6.54 Å². The van der Waals surface area contributed by atoms with Gasteiger partial charge in [-0.3, -0.25) is 0 Å². The Hall–Kier alpha value is -0.530. The summed E-state index contributed by atoms with van der Waals surface area (Å²) in [4.78, 5) is 0. The van der Waals surface area contributed by atoms with Crippen molar-refractivity contribution in [3.8, 4) is 0 Å². The van der Waals surface area contributed by atoms with Crippen LogP contribution in [0.25, 0.3) is 0 Å². The van der Waals surface area contributed by atoms with E-state index in [-0.39, 0.29) is 0 Å². The van der Waals surface area contributed by atoms with Gasteiger partial charge < -0.3 is 5.32 Å². The third-order valence-electron chi connectivity index (χ3n) is 3.82. The summed E-state index contributed by atoms with van der Waals surface area (Å²) in [5.41, 5.74) is 2.01. The van der Waals surface area contributed by atoms with E-state index in [0.717, 1.165) is 5.02 Å². The van der Waals surface area contributed by atoms with E-state index in [1.165, 1.54) is 31.4 Å². The maximum Gasteiger partial charge on any atom is 0.0406 e. The Morgan fingerprint density at radius 1 is 1.21 bits per heavy atom. The summed E-state index contributed by atoms with van der Waals surface area (Å²) in [5, 5.41) is 4.36. The van der Waals surface area contributed by atoms with Crippen molar-refractivity contribution >= 4 is 11.6 Å². The van der Waals surface area contributed by atoms with E-state index >= 15 is 0 Å². The van der Waals surface area contributed by atoms with Gasteiger partial charge in [-0.2, -0.15) is 0 Å². The summed E-state index contributed by atoms with van der Waals surface area (Å²) in [7, 11) is 0. The number of nitrogens with one attached hydrogen (secondary N) is 1. The largest absolute Gasteiger partial charge is 0.309 e. The molecule has 0 radical (unpaired) electrons. The van der Waals surface area contributed by atoms with Gasteiger partial charge in [0.15, 0.2) is 0 Å². The fourth-order valence-electron chi connectivity index (χ4n) is 2.72. The molecule has 2 heteroatoms. The van der Waals surface area contributed by atoms with Gasteiger partial charge in [0.1, 0.15) is 0 Å². The molecule has 1 spiro atoms. The molecule has 0 aromatic heterocycles. The second-order valence-electron chi connectivity index (χ2n) is 4.58. The SMILES string of the molecule is Clc1ccc([C@@H]2NCC23CCC3)cc1. The maximum atomic E-state index is 5.88. The summed E-state index contributed by atoms with van der Waals surface area (Å²) in [6.45, 7) is 1.21. The van der Waals surface area contributed by atoms with Crippen molar-refractivity contribution in [2.75, 3.05) is 6.54 Å². The van der Waals surface area contributed by atoms with Crippen LogP contribution >= 0.6 is 11.6 Å². The highest BCUT2D eigenvalue weighted by Gasteiger charge is 2.50. The number of hydrogen-bond donors (Lipinski definition) is 1. The molecule has 1 saturated heterocycles. The van der Waals surface area contributed by atoms with E-state index in [0.29, 0.717) is 11.5 Å². The van der Waals surface area contributed by atoms with Gasteiger partial charge in [0.25, 0.3) is 0 Å². The number of benzene rings is 1. The first-order chi connectivity index (χ1) is 6.80. The molecule has 1 aliphatic heterocycles. The lowest BCUT2D eigenvalue weighted by Crippen LogP contribution is -2.59. The Morgan fingerprint density at radius 3 is 2.36 bits per heavy atom. The molecule has 1 N–H and O–H groups in total. The summed E-state index contributed by atoms with van der Waals surface area (Å²) < 4.78 is 0. The van der Waals surface area contributed by atoms with Crippen LogP contribution in [-0.2, 0) is 0 Å². The molecule has 1 aromatic carbocycles. The maximum absolute atomic E-state index is 5.88. The minimum Gasteiger partial charge on any atom is -0.309 e. The Balaban J connectivity index is 1.85. The standard InChI is InChI=1S/C12H14ClN/c13-10-4-2-9(3-5-10)11-12(8-14-11)6-1-7-12/h2-5,11,14H,1,6-8H2/t11-/m0/s1. The van der Waals surface area contributed by atoms with Crippen molar-refractivity contribution < 1.29 is 0 Å². The molecular formula is C12H14ClN. The predicted octanol–water partition coefficient (Wildman–Crippen LogP) is 3.15. The monoisotopic (exact) mass is 207 g/mol. The quantitative estimate of drug-likeness (QED) is 0.746. The van der Waals surface area contributed by atoms with Crippen molar-refractivity contribution in [1.82, 2.24) is 5.32 Å². The topological polar surface area (TPSA) is 12.0 Å². The fraction of sp³-hybridized carbons (Fsp3) is 0.500. The first-order valence-electron chi connectivity index (χ1n) is 5.29. The number of halogens is 1. The van der Waals surface area contributed by atoms with Gasteiger partial charge >= 0.3 is 0 Å². The first-order valence-corrected chi connectivity index (χ1v) is 5.67. The van der Waals surface area contributed by atoms with Gasteiger partial charge in [-0.1, -0.05) is 30.2 Å². The molecule has 2 aliphatic rings. The Bertz CT molecular complexity index is 334. The van der Waals surface area contributed by atoms with Crippen molar-refractivity contribution in [2.45, 2.75) is 25.3 Å². The van der Waals surface area contributed by atoms with Crippen LogP contribution in [0.5, 0.6) is 0 Å². The number of hydrogen-bond acceptors (Lipinski definition) is 1. The Kier molecular flexibility index (Phi) is 1.86. The minimum atomic E-state index is 0.591. The fourth-order valence-corrected chi connectivity index (χ4v) is 2.84. The van der Waals surface area contributed by atoms with Gasteiger partial charge in [-0.25, -0.2) is 0 Å². The molecule has 0 unspecified atom stereocenters. The average Bonchev–Trinajstić information content (AvgIpc) is 2.04. The van der Waals surface area contributed by atoms with E-state index < -0.39 is 0 Å². The van der Waals surface area contributed by atoms with E-state index in [2.05, 4.69) is 17.4 Å². The van der Waals surface area contributed by atoms with Gasteiger partial charge in [0.05, 0.1) is 0 Å². The smallest absolute Gasteiger partial charge is 0.0406 e. The Labute approximate surface area is 89.5 Å². The van der Waals surface area contributed by atoms with Crippen LogP contribution in [0, 0.1) is 5.41 Å². The molecule has 2 fully saturated rings. The minimum absolute atomic E-state index is 0.591. The van der Waals surface area contributed by atoms with E-state index in [1.807, 2.05) is 12.1 Å². The van der Waals surface area contributed by atoms with Crippen molar-refractivity contribution in [1.29, 1.82) is 0 Å². The summed E-state index contributed by atoms with van der Waals surface area (Å²) in [6, 6.07) is 8.87. The molecular weight excluding hydrogens is 194 g/mol. The van der Waals surface area contributed by atoms with Gasteiger partial charge in [-0.05, 0) is 30.5 Å². The molecule has 1 atom stereocenters. The zero-order valence-corrected chi connectivity index (χ0v) is 8.85. The van der Waals surface area contributed by atoms with E-state index in [4.69, 9.17) is 11.6 Å². The third-order valence-corrected chi connectivity index (χ3v) is 4.08. The van der Waals surface area contributed by atoms with Crippen LogP contribution < -0.4 is 5.32 Å². The third kappa shape index (κ3) is 1.12. The molecule has 14 heavy (non-hydrogen) atoms. The zero-order chi connectivity index (χ0) is 9.60. The molecule has 1 saturated carbocycles. The van der Waals surface area contributed by atoms with Crippen LogP contribution in [0.1, 0.15) is 30.9 Å². The molecule has 1 nitrogen and oxygen atoms in total. The zero-order valence-electron chi connectivity index (χ0n) is 8.09. The average molecular weight is 208 g/mol. The number of rotatable bonds is 1. The van der Waals surface area contributed by atoms with Crippen LogP contribution in [0.15, 0.2) is 24.3 Å². The molecule has 1 aliphatic carbocycles. The van der Waals surface area contributed by atoms with Gasteiger partial charge in [0, 0.05) is 23.0 Å². The molecule has 74 valence electrons. The van der Waals surface area contributed by atoms with E-state index in [9.17, 15) is 0 Å². The molecule has 0 amide bonds. The molecule has 3 rings (SSSR count).